The lowest BCUT2D eigenvalue weighted by atomic mass is 9.96. The maximum absolute atomic E-state index is 12.4. The Morgan fingerprint density at radius 3 is 2.89 bits per heavy atom. The number of anilines is 1. The van der Waals surface area contributed by atoms with E-state index in [1.165, 1.54) is 0 Å². The highest BCUT2D eigenvalue weighted by atomic mass is 16.7. The van der Waals surface area contributed by atoms with Crippen LogP contribution in [0.1, 0.15) is 25.6 Å². The van der Waals surface area contributed by atoms with E-state index in [4.69, 9.17) is 9.47 Å². The van der Waals surface area contributed by atoms with Crippen LogP contribution in [0.2, 0.25) is 0 Å². The number of carbonyl (C=O) groups excluding carboxylic acids is 1. The molecule has 1 fully saturated rings. The van der Waals surface area contributed by atoms with E-state index >= 15 is 0 Å². The topological polar surface area (TPSA) is 68.6 Å². The third-order valence-electron chi connectivity index (χ3n) is 5.30. The zero-order valence-electron chi connectivity index (χ0n) is 15.7. The maximum Gasteiger partial charge on any atom is 0.238 e. The molecule has 0 radical (unpaired) electrons. The third-order valence-corrected chi connectivity index (χ3v) is 5.30. The minimum absolute atomic E-state index is 0.00944. The Morgan fingerprint density at radius 1 is 1.26 bits per heavy atom. The van der Waals surface area contributed by atoms with Gasteiger partial charge in [-0.2, -0.15) is 0 Å². The zero-order valence-corrected chi connectivity index (χ0v) is 15.7. The second-order valence-corrected chi connectivity index (χ2v) is 7.19. The van der Waals surface area contributed by atoms with Crippen LogP contribution in [0.5, 0.6) is 11.5 Å². The van der Waals surface area contributed by atoms with E-state index in [1.54, 1.807) is 0 Å². The number of fused-ring (bicyclic) bond motifs is 1. The predicted molar refractivity (Wildman–Crippen MR) is 102 cm³/mol. The molecule has 2 aliphatic rings. The first-order chi connectivity index (χ1) is 13.2. The van der Waals surface area contributed by atoms with Crippen molar-refractivity contribution in [3.63, 3.8) is 0 Å². The summed E-state index contributed by atoms with van der Waals surface area (Å²) in [5.74, 6) is 3.21. The number of hydrogen-bond acceptors (Lipinski definition) is 5. The van der Waals surface area contributed by atoms with Gasteiger partial charge < -0.3 is 19.4 Å². The summed E-state index contributed by atoms with van der Waals surface area (Å²) in [6.07, 6.45) is 7.14. The van der Waals surface area contributed by atoms with Gasteiger partial charge in [-0.05, 0) is 44.0 Å². The Bertz CT molecular complexity index is 796. The molecule has 1 N–H and O–H groups in total. The number of ether oxygens (including phenoxy) is 2. The first-order valence-electron chi connectivity index (χ1n) is 9.63. The summed E-state index contributed by atoms with van der Waals surface area (Å²) in [4.78, 5) is 19.0. The van der Waals surface area contributed by atoms with E-state index in [-0.39, 0.29) is 12.7 Å². The number of aryl methyl sites for hydroxylation is 1. The largest absolute Gasteiger partial charge is 0.454 e. The molecule has 1 amide bonds. The Hall–Kier alpha value is -2.54. The van der Waals surface area contributed by atoms with Gasteiger partial charge >= 0.3 is 0 Å². The van der Waals surface area contributed by atoms with Crippen LogP contribution < -0.4 is 14.8 Å². The molecule has 2 aliphatic heterocycles. The highest BCUT2D eigenvalue weighted by molar-refractivity contribution is 5.92. The van der Waals surface area contributed by atoms with Crippen molar-refractivity contribution in [2.75, 3.05) is 31.7 Å². The van der Waals surface area contributed by atoms with Gasteiger partial charge in [-0.3, -0.25) is 9.69 Å². The molecule has 0 aliphatic carbocycles. The number of aromatic nitrogens is 2. The van der Waals surface area contributed by atoms with Crippen LogP contribution >= 0.6 is 0 Å². The summed E-state index contributed by atoms with van der Waals surface area (Å²) in [5.41, 5.74) is 0.742. The standard InChI is InChI=1S/C20H26N4O3/c1-2-19-21-7-10-24(19)12-15-5-8-23(9-6-15)13-20(25)22-16-3-4-17-18(11-16)27-14-26-17/h3-4,7,10-11,15H,2,5-6,8-9,12-14H2,1H3,(H,22,25). The Kier molecular flexibility index (Phi) is 5.29. The molecule has 0 saturated carbocycles. The molecule has 1 aromatic heterocycles. The number of rotatable bonds is 6. The van der Waals surface area contributed by atoms with Gasteiger partial charge in [-0.1, -0.05) is 6.92 Å². The lowest BCUT2D eigenvalue weighted by Gasteiger charge is -2.31. The van der Waals surface area contributed by atoms with Crippen molar-refractivity contribution < 1.29 is 14.3 Å². The van der Waals surface area contributed by atoms with Crippen molar-refractivity contribution in [1.82, 2.24) is 14.5 Å². The molecule has 27 heavy (non-hydrogen) atoms. The fourth-order valence-corrected chi connectivity index (χ4v) is 3.80. The van der Waals surface area contributed by atoms with E-state index in [2.05, 4.69) is 32.9 Å². The molecule has 0 spiro atoms. The number of amides is 1. The molecule has 4 rings (SSSR count). The zero-order chi connectivity index (χ0) is 18.6. The van der Waals surface area contributed by atoms with Crippen molar-refractivity contribution in [3.8, 4) is 11.5 Å². The maximum atomic E-state index is 12.4. The van der Waals surface area contributed by atoms with Gasteiger partial charge in [-0.15, -0.1) is 0 Å². The van der Waals surface area contributed by atoms with Crippen LogP contribution in [0.15, 0.2) is 30.6 Å². The Morgan fingerprint density at radius 2 is 2.07 bits per heavy atom. The number of benzene rings is 1. The van der Waals surface area contributed by atoms with Gasteiger partial charge in [0.15, 0.2) is 11.5 Å². The smallest absolute Gasteiger partial charge is 0.238 e. The normalized spacial score (nSPS) is 17.2. The number of hydrogen-bond donors (Lipinski definition) is 1. The van der Waals surface area contributed by atoms with Crippen molar-refractivity contribution in [1.29, 1.82) is 0 Å². The summed E-state index contributed by atoms with van der Waals surface area (Å²) in [7, 11) is 0. The fraction of sp³-hybridized carbons (Fsp3) is 0.500. The number of carbonyl (C=O) groups is 1. The highest BCUT2D eigenvalue weighted by Crippen LogP contribution is 2.34. The minimum atomic E-state index is 0.00944. The van der Waals surface area contributed by atoms with Gasteiger partial charge in [0, 0.05) is 37.1 Å². The molecule has 0 bridgehead atoms. The second kappa shape index (κ2) is 8.00. The number of likely N-dealkylation sites (tertiary alicyclic amines) is 1. The predicted octanol–water partition coefficient (Wildman–Crippen LogP) is 2.52. The summed E-state index contributed by atoms with van der Waals surface area (Å²) < 4.78 is 12.9. The Labute approximate surface area is 159 Å². The van der Waals surface area contributed by atoms with Gasteiger partial charge in [0.1, 0.15) is 5.82 Å². The number of imidazole rings is 1. The van der Waals surface area contributed by atoms with Crippen LogP contribution in [0, 0.1) is 5.92 Å². The lowest BCUT2D eigenvalue weighted by molar-refractivity contribution is -0.117. The molecule has 7 nitrogen and oxygen atoms in total. The van der Waals surface area contributed by atoms with E-state index < -0.39 is 0 Å². The molecular formula is C20H26N4O3. The monoisotopic (exact) mass is 370 g/mol. The van der Waals surface area contributed by atoms with Gasteiger partial charge in [-0.25, -0.2) is 4.98 Å². The molecule has 1 saturated heterocycles. The van der Waals surface area contributed by atoms with Crippen LogP contribution in [0.25, 0.3) is 0 Å². The molecule has 3 heterocycles. The summed E-state index contributed by atoms with van der Waals surface area (Å²) >= 11 is 0. The van der Waals surface area contributed by atoms with Crippen LogP contribution in [0.4, 0.5) is 5.69 Å². The average Bonchev–Trinajstić information content (AvgIpc) is 3.31. The molecule has 1 aromatic carbocycles. The van der Waals surface area contributed by atoms with Crippen molar-refractivity contribution in [2.24, 2.45) is 5.92 Å². The lowest BCUT2D eigenvalue weighted by Crippen LogP contribution is -2.40. The van der Waals surface area contributed by atoms with Gasteiger partial charge in [0.25, 0.3) is 0 Å². The molecule has 0 unspecified atom stereocenters. The number of nitrogens with one attached hydrogen (secondary N) is 1. The van der Waals surface area contributed by atoms with Crippen molar-refractivity contribution in [2.45, 2.75) is 32.7 Å². The average molecular weight is 370 g/mol. The van der Waals surface area contributed by atoms with E-state index in [0.29, 0.717) is 18.2 Å². The number of nitrogens with zero attached hydrogens (tertiary/aromatic N) is 3. The van der Waals surface area contributed by atoms with Crippen LogP contribution in [-0.4, -0.2) is 46.8 Å². The Balaban J connectivity index is 1.23. The van der Waals surface area contributed by atoms with E-state index in [1.807, 2.05) is 24.4 Å². The van der Waals surface area contributed by atoms with Crippen molar-refractivity contribution in [3.05, 3.63) is 36.4 Å². The van der Waals surface area contributed by atoms with Gasteiger partial charge in [0.05, 0.1) is 6.54 Å². The summed E-state index contributed by atoms with van der Waals surface area (Å²) in [6, 6.07) is 5.47. The minimum Gasteiger partial charge on any atom is -0.454 e. The first-order valence-corrected chi connectivity index (χ1v) is 9.63. The molecule has 2 aromatic rings. The van der Waals surface area contributed by atoms with Crippen molar-refractivity contribution >= 4 is 11.6 Å². The summed E-state index contributed by atoms with van der Waals surface area (Å²) in [5, 5.41) is 2.95. The second-order valence-electron chi connectivity index (χ2n) is 7.19. The first kappa shape index (κ1) is 17.9. The SMILES string of the molecule is CCc1nccn1CC1CCN(CC(=O)Nc2ccc3c(c2)OCO3)CC1. The van der Waals surface area contributed by atoms with Crippen LogP contribution in [-0.2, 0) is 17.8 Å². The number of piperidine rings is 1. The summed E-state index contributed by atoms with van der Waals surface area (Å²) in [6.45, 7) is 5.73. The molecule has 144 valence electrons. The fourth-order valence-electron chi connectivity index (χ4n) is 3.80. The van der Waals surface area contributed by atoms with E-state index in [0.717, 1.165) is 56.2 Å². The molecule has 0 atom stereocenters. The quantitative estimate of drug-likeness (QED) is 0.846. The van der Waals surface area contributed by atoms with Crippen LogP contribution in [0.3, 0.4) is 0 Å². The third kappa shape index (κ3) is 4.24. The van der Waals surface area contributed by atoms with E-state index in [9.17, 15) is 4.79 Å². The molecular weight excluding hydrogens is 344 g/mol. The molecule has 7 heteroatoms. The van der Waals surface area contributed by atoms with Gasteiger partial charge in [0.2, 0.25) is 12.7 Å². The highest BCUT2D eigenvalue weighted by Gasteiger charge is 2.22.